The number of hydrogen-bond acceptors (Lipinski definition) is 3. The summed E-state index contributed by atoms with van der Waals surface area (Å²) in [5.41, 5.74) is 0.266. The topological polar surface area (TPSA) is 54.0 Å². The highest BCUT2D eigenvalue weighted by atomic mass is 35.5. The van der Waals surface area contributed by atoms with Crippen molar-refractivity contribution in [1.82, 2.24) is 10.3 Å². The molecular weight excluding hydrogens is 250 g/mol. The third kappa shape index (κ3) is 3.88. The molecule has 0 saturated heterocycles. The predicted octanol–water partition coefficient (Wildman–Crippen LogP) is 2.94. The maximum atomic E-state index is 12.1. The average molecular weight is 270 g/mol. The zero-order chi connectivity index (χ0) is 13.7. The zero-order valence-electron chi connectivity index (χ0n) is 11.2. The van der Waals surface area contributed by atoms with Crippen molar-refractivity contribution in [3.63, 3.8) is 0 Å². The zero-order valence-corrected chi connectivity index (χ0v) is 12.0. The number of rotatable bonds is 5. The highest BCUT2D eigenvalue weighted by Gasteiger charge is 2.16. The number of pyridine rings is 1. The third-order valence-electron chi connectivity index (χ3n) is 2.78. The van der Waals surface area contributed by atoms with Gasteiger partial charge in [0.15, 0.2) is 0 Å². The number of halogens is 1. The number of nitrogens with one attached hydrogen (secondary N) is 2. The maximum Gasteiger partial charge on any atom is 0.271 e. The molecule has 5 heteroatoms. The minimum absolute atomic E-state index is 0.0816. The van der Waals surface area contributed by atoms with Crippen LogP contribution in [0, 0.1) is 5.92 Å². The summed E-state index contributed by atoms with van der Waals surface area (Å²) in [5, 5.41) is 6.31. The van der Waals surface area contributed by atoms with Crippen LogP contribution in [0.15, 0.2) is 12.1 Å². The van der Waals surface area contributed by atoms with Crippen molar-refractivity contribution in [1.29, 1.82) is 0 Å². The molecule has 100 valence electrons. The number of carbonyl (C=O) groups excluding carboxylic acids is 1. The first-order valence-corrected chi connectivity index (χ1v) is 6.54. The Bertz CT molecular complexity index is 421. The van der Waals surface area contributed by atoms with E-state index in [1.807, 2.05) is 13.8 Å². The molecule has 1 rings (SSSR count). The smallest absolute Gasteiger partial charge is 0.271 e. The molecule has 2 N–H and O–H groups in total. The largest absolute Gasteiger partial charge is 0.370 e. The van der Waals surface area contributed by atoms with Crippen molar-refractivity contribution < 1.29 is 4.79 Å². The van der Waals surface area contributed by atoms with Gasteiger partial charge in [-0.05, 0) is 31.9 Å². The summed E-state index contributed by atoms with van der Waals surface area (Å²) in [6.45, 7) is 8.78. The first-order chi connectivity index (χ1) is 8.45. The van der Waals surface area contributed by atoms with E-state index in [4.69, 9.17) is 11.6 Å². The van der Waals surface area contributed by atoms with Gasteiger partial charge in [0.2, 0.25) is 0 Å². The third-order valence-corrected chi connectivity index (χ3v) is 3.08. The van der Waals surface area contributed by atoms with Gasteiger partial charge >= 0.3 is 0 Å². The Kier molecular flexibility index (Phi) is 5.41. The number of anilines is 1. The summed E-state index contributed by atoms with van der Waals surface area (Å²) < 4.78 is 0. The Morgan fingerprint density at radius 3 is 2.61 bits per heavy atom. The normalized spacial score (nSPS) is 12.3. The molecule has 0 spiro atoms. The van der Waals surface area contributed by atoms with Gasteiger partial charge in [0.05, 0.1) is 5.02 Å². The Labute approximate surface area is 113 Å². The van der Waals surface area contributed by atoms with Gasteiger partial charge in [0.25, 0.3) is 5.91 Å². The number of carbonyl (C=O) groups is 1. The van der Waals surface area contributed by atoms with Crippen LogP contribution in [0.1, 0.15) is 38.2 Å². The molecule has 1 unspecified atom stereocenters. The van der Waals surface area contributed by atoms with Crippen molar-refractivity contribution in [3.05, 3.63) is 22.8 Å². The van der Waals surface area contributed by atoms with E-state index in [-0.39, 0.29) is 17.6 Å². The van der Waals surface area contributed by atoms with Crippen LogP contribution in [0.5, 0.6) is 0 Å². The molecule has 0 aliphatic rings. The van der Waals surface area contributed by atoms with E-state index in [0.29, 0.717) is 16.8 Å². The summed E-state index contributed by atoms with van der Waals surface area (Å²) >= 11 is 6.00. The molecule has 0 fully saturated rings. The first-order valence-electron chi connectivity index (χ1n) is 6.17. The summed E-state index contributed by atoms with van der Waals surface area (Å²) in [6.07, 6.45) is 0. The number of aromatic nitrogens is 1. The van der Waals surface area contributed by atoms with Gasteiger partial charge in [-0.2, -0.15) is 0 Å². The highest BCUT2D eigenvalue weighted by Crippen LogP contribution is 2.17. The maximum absolute atomic E-state index is 12.1. The molecule has 18 heavy (non-hydrogen) atoms. The quantitative estimate of drug-likeness (QED) is 0.864. The van der Waals surface area contributed by atoms with Crippen LogP contribution in [0.25, 0.3) is 0 Å². The summed E-state index contributed by atoms with van der Waals surface area (Å²) in [6, 6.07) is 3.52. The van der Waals surface area contributed by atoms with E-state index in [1.54, 1.807) is 12.1 Å². The standard InChI is InChI=1S/C13H20ClN3O/c1-5-15-11-7-6-10(14)12(17-11)13(18)16-9(4)8(2)3/h6-9H,5H2,1-4H3,(H,15,17)(H,16,18). The van der Waals surface area contributed by atoms with E-state index in [9.17, 15) is 4.79 Å². The Morgan fingerprint density at radius 1 is 1.39 bits per heavy atom. The van der Waals surface area contributed by atoms with Crippen LogP contribution in [0.2, 0.25) is 5.02 Å². The van der Waals surface area contributed by atoms with Crippen LogP contribution in [0.3, 0.4) is 0 Å². The van der Waals surface area contributed by atoms with E-state index >= 15 is 0 Å². The highest BCUT2D eigenvalue weighted by molar-refractivity contribution is 6.33. The van der Waals surface area contributed by atoms with Crippen molar-refractivity contribution in [2.24, 2.45) is 5.92 Å². The fourth-order valence-corrected chi connectivity index (χ4v) is 1.51. The lowest BCUT2D eigenvalue weighted by Gasteiger charge is -2.17. The molecule has 0 radical (unpaired) electrons. The fraction of sp³-hybridized carbons (Fsp3) is 0.538. The van der Waals surface area contributed by atoms with Gasteiger partial charge in [-0.1, -0.05) is 25.4 Å². The molecule has 4 nitrogen and oxygen atoms in total. The molecule has 0 saturated carbocycles. The second kappa shape index (κ2) is 6.59. The summed E-state index contributed by atoms with van der Waals surface area (Å²) in [5.74, 6) is 0.787. The predicted molar refractivity (Wildman–Crippen MR) is 75.2 cm³/mol. The monoisotopic (exact) mass is 269 g/mol. The van der Waals surface area contributed by atoms with Gasteiger partial charge in [-0.15, -0.1) is 0 Å². The van der Waals surface area contributed by atoms with Crippen LogP contribution >= 0.6 is 11.6 Å². The van der Waals surface area contributed by atoms with E-state index in [0.717, 1.165) is 6.54 Å². The lowest BCUT2D eigenvalue weighted by Crippen LogP contribution is -2.36. The molecule has 0 aliphatic carbocycles. The van der Waals surface area contributed by atoms with Gasteiger partial charge in [-0.25, -0.2) is 4.98 Å². The fourth-order valence-electron chi connectivity index (χ4n) is 1.32. The molecular formula is C13H20ClN3O. The SMILES string of the molecule is CCNc1ccc(Cl)c(C(=O)NC(C)C(C)C)n1. The molecule has 1 aromatic rings. The molecule has 1 atom stereocenters. The number of amides is 1. The van der Waals surface area contributed by atoms with Crippen LogP contribution in [0.4, 0.5) is 5.82 Å². The second-order valence-corrected chi connectivity index (χ2v) is 4.97. The molecule has 1 aromatic heterocycles. The molecule has 0 aromatic carbocycles. The van der Waals surface area contributed by atoms with Crippen molar-refractivity contribution >= 4 is 23.3 Å². The van der Waals surface area contributed by atoms with Gasteiger partial charge in [-0.3, -0.25) is 4.79 Å². The molecule has 0 bridgehead atoms. The van der Waals surface area contributed by atoms with Crippen LogP contribution < -0.4 is 10.6 Å². The van der Waals surface area contributed by atoms with E-state index in [2.05, 4.69) is 29.5 Å². The van der Waals surface area contributed by atoms with Crippen molar-refractivity contribution in [2.75, 3.05) is 11.9 Å². The first kappa shape index (κ1) is 14.8. The van der Waals surface area contributed by atoms with E-state index < -0.39 is 0 Å². The second-order valence-electron chi connectivity index (χ2n) is 4.56. The van der Waals surface area contributed by atoms with Crippen LogP contribution in [-0.4, -0.2) is 23.5 Å². The minimum Gasteiger partial charge on any atom is -0.370 e. The summed E-state index contributed by atoms with van der Waals surface area (Å²) in [7, 11) is 0. The van der Waals surface area contributed by atoms with Gasteiger partial charge in [0.1, 0.15) is 11.5 Å². The Hall–Kier alpha value is -1.29. The van der Waals surface area contributed by atoms with Crippen molar-refractivity contribution in [2.45, 2.75) is 33.7 Å². The Morgan fingerprint density at radius 2 is 2.06 bits per heavy atom. The lowest BCUT2D eigenvalue weighted by atomic mass is 10.1. The van der Waals surface area contributed by atoms with Crippen molar-refractivity contribution in [3.8, 4) is 0 Å². The minimum atomic E-state index is -0.235. The van der Waals surface area contributed by atoms with Gasteiger partial charge < -0.3 is 10.6 Å². The Balaban J connectivity index is 2.87. The summed E-state index contributed by atoms with van der Waals surface area (Å²) in [4.78, 5) is 16.3. The molecule has 1 heterocycles. The molecule has 1 amide bonds. The average Bonchev–Trinajstić information content (AvgIpc) is 2.31. The lowest BCUT2D eigenvalue weighted by molar-refractivity contribution is 0.0926. The van der Waals surface area contributed by atoms with Gasteiger partial charge in [0, 0.05) is 12.6 Å². The van der Waals surface area contributed by atoms with Crippen LogP contribution in [-0.2, 0) is 0 Å². The number of hydrogen-bond donors (Lipinski definition) is 2. The molecule has 0 aliphatic heterocycles. The number of nitrogens with zero attached hydrogens (tertiary/aromatic N) is 1. The van der Waals surface area contributed by atoms with E-state index in [1.165, 1.54) is 0 Å².